The van der Waals surface area contributed by atoms with Crippen molar-refractivity contribution < 1.29 is 76.2 Å². The zero-order valence-corrected chi connectivity index (χ0v) is 44.6. The smallest absolute Gasteiger partial charge is 0.547 e. The first-order valence-corrected chi connectivity index (χ1v) is 24.6. The summed E-state index contributed by atoms with van der Waals surface area (Å²) in [6.07, 6.45) is 0. The molecule has 3 atom stereocenters. The van der Waals surface area contributed by atoms with Gasteiger partial charge in [-0.3, -0.25) is 0 Å². The molecule has 0 radical (unpaired) electrons. The largest absolute Gasteiger partial charge is 3.00 e. The van der Waals surface area contributed by atoms with Crippen LogP contribution in [0.1, 0.15) is 33.4 Å². The van der Waals surface area contributed by atoms with E-state index in [2.05, 4.69) is 30.9 Å². The van der Waals surface area contributed by atoms with Crippen LogP contribution in [0.5, 0.6) is 0 Å². The van der Waals surface area contributed by atoms with Gasteiger partial charge in [0.15, 0.2) is 0 Å². The van der Waals surface area contributed by atoms with E-state index in [1.54, 1.807) is 72.8 Å². The van der Waals surface area contributed by atoms with E-state index in [-0.39, 0.29) is 53.9 Å². The Bertz CT molecular complexity index is 3560. The second-order valence-electron chi connectivity index (χ2n) is 18.5. The van der Waals surface area contributed by atoms with Crippen LogP contribution < -0.4 is 31.3 Å². The van der Waals surface area contributed by atoms with E-state index in [9.17, 15) is 56.0 Å². The third-order valence-corrected chi connectivity index (χ3v) is 13.5. The van der Waals surface area contributed by atoms with Crippen molar-refractivity contribution in [2.45, 2.75) is 16.6 Å². The summed E-state index contributed by atoms with van der Waals surface area (Å²) in [6.45, 7) is 0. The minimum absolute atomic E-state index is 0. The molecule has 3 N–H and O–H groups in total. The molecule has 9 aromatic carbocycles. The molecule has 0 aromatic heterocycles. The quantitative estimate of drug-likeness (QED) is 0.118. The molecule has 0 saturated heterocycles. The van der Waals surface area contributed by atoms with Crippen molar-refractivity contribution in [1.29, 1.82) is 0 Å². The first kappa shape index (κ1) is 56.7. The van der Waals surface area contributed by atoms with Gasteiger partial charge in [-0.05, 0) is 143 Å². The number of halogens is 6. The van der Waals surface area contributed by atoms with Crippen LogP contribution >= 0.6 is 0 Å². The third-order valence-electron chi connectivity index (χ3n) is 13.5. The number of carbonyl (C=O) groups excluding carboxylic acids is 3. The summed E-state index contributed by atoms with van der Waals surface area (Å²) in [5.41, 5.74) is -0.101. The van der Waals surface area contributed by atoms with E-state index >= 15 is 0 Å². The number of aliphatic imine (C=N–C) groups is 3. The van der Waals surface area contributed by atoms with E-state index in [4.69, 9.17) is 0 Å². The molecule has 12 nitrogen and oxygen atoms in total. The fourth-order valence-corrected chi connectivity index (χ4v) is 9.62. The molecule has 12 rings (SSSR count). The number of hydrogen-bond donors (Lipinski definition) is 3. The number of fused-ring (bicyclic) bond motifs is 3. The van der Waals surface area contributed by atoms with Gasteiger partial charge in [0, 0.05) is 0 Å². The average Bonchev–Trinajstić information content (AvgIpc) is 3.61. The van der Waals surface area contributed by atoms with Gasteiger partial charge in [-0.25, -0.2) is 41.3 Å². The Labute approximate surface area is 477 Å². The molecule has 0 aliphatic carbocycles. The van der Waals surface area contributed by atoms with Crippen LogP contribution in [0.3, 0.4) is 0 Å². The number of carbonyl (C=O) groups is 3. The Morgan fingerprint density at radius 2 is 0.500 bits per heavy atom. The zero-order chi connectivity index (χ0) is 57.1. The summed E-state index contributed by atoms with van der Waals surface area (Å²) >= 11 is 0. The van der Waals surface area contributed by atoms with Crippen LogP contribution in [0.2, 0.25) is 0 Å². The number of benzene rings is 9. The van der Waals surface area contributed by atoms with Crippen molar-refractivity contribution >= 4 is 69.2 Å². The van der Waals surface area contributed by atoms with Crippen molar-refractivity contribution in [1.82, 2.24) is 0 Å². The molecule has 0 bridgehead atoms. The molecule has 3 aliphatic rings. The van der Waals surface area contributed by atoms with Gasteiger partial charge in [-0.15, -0.1) is 0 Å². The van der Waals surface area contributed by atoms with Gasteiger partial charge >= 0.3 is 20.1 Å². The van der Waals surface area contributed by atoms with Gasteiger partial charge in [-0.1, -0.05) is 109 Å². The molecule has 3 aliphatic heterocycles. The van der Waals surface area contributed by atoms with E-state index in [0.29, 0.717) is 50.8 Å². The first-order valence-electron chi connectivity index (χ1n) is 24.6. The maximum absolute atomic E-state index is 13.4. The number of carboxylic acids is 3. The molecular weight excluding hydrogens is 1240 g/mol. The van der Waals surface area contributed by atoms with Gasteiger partial charge in [0.05, 0.1) is 69.2 Å². The van der Waals surface area contributed by atoms with Crippen LogP contribution in [0.4, 0.5) is 60.5 Å². The fourth-order valence-electron chi connectivity index (χ4n) is 9.62. The predicted molar refractivity (Wildman–Crippen MR) is 287 cm³/mol. The van der Waals surface area contributed by atoms with Crippen molar-refractivity contribution in [3.05, 3.63) is 287 Å². The molecule has 3 heterocycles. The number of aliphatic carboxylic acids is 3. The Morgan fingerprint density at radius 1 is 0.305 bits per heavy atom. The standard InChI is InChI=1S/3C21H14F2N2O2.Ir/c3*22-15-9-5-13(6-10-15)19-21(20(26)27,14-7-11-16(23)12-8-14)25-18-4-2-1-3-17(18)24-19;/h3*1-12,25H,(H,26,27);/q;;;+3/p-3. The van der Waals surface area contributed by atoms with Crippen LogP contribution in [-0.4, -0.2) is 35.0 Å². The van der Waals surface area contributed by atoms with Gasteiger partial charge in [-0.2, -0.15) is 0 Å². The average molecular weight is 1280 g/mol. The summed E-state index contributed by atoms with van der Waals surface area (Å²) in [6, 6.07) is 52.1. The Morgan fingerprint density at radius 3 is 0.707 bits per heavy atom. The normalized spacial score (nSPS) is 18.0. The number of nitrogens with one attached hydrogen (secondary N) is 3. The molecule has 0 spiro atoms. The van der Waals surface area contributed by atoms with Crippen LogP contribution in [0.25, 0.3) is 0 Å². The molecule has 82 heavy (non-hydrogen) atoms. The Hall–Kier alpha value is -9.97. The van der Waals surface area contributed by atoms with E-state index in [1.807, 2.05) is 0 Å². The minimum atomic E-state index is -1.86. The van der Waals surface area contributed by atoms with Gasteiger partial charge < -0.3 is 45.7 Å². The minimum Gasteiger partial charge on any atom is -0.547 e. The number of rotatable bonds is 9. The van der Waals surface area contributed by atoms with Crippen LogP contribution in [0.15, 0.2) is 233 Å². The zero-order valence-electron chi connectivity index (χ0n) is 42.2. The summed E-state index contributed by atoms with van der Waals surface area (Å²) in [5.74, 6) is -7.21. The molecule has 0 fully saturated rings. The summed E-state index contributed by atoms with van der Waals surface area (Å²) in [7, 11) is 0. The van der Waals surface area contributed by atoms with E-state index in [0.717, 1.165) is 0 Å². The number of nitrogens with zero attached hydrogens (tertiary/aromatic N) is 3. The first-order chi connectivity index (χ1) is 39.0. The van der Waals surface area contributed by atoms with Crippen molar-refractivity contribution in [2.24, 2.45) is 15.0 Å². The second-order valence-corrected chi connectivity index (χ2v) is 18.5. The number of para-hydroxylation sites is 6. The summed E-state index contributed by atoms with van der Waals surface area (Å²) in [4.78, 5) is 50.8. The molecule has 408 valence electrons. The van der Waals surface area contributed by atoms with Gasteiger partial charge in [0.2, 0.25) is 0 Å². The number of hydrogen-bond acceptors (Lipinski definition) is 12. The summed E-state index contributed by atoms with van der Waals surface area (Å²) in [5, 5.41) is 46.2. The predicted octanol–water partition coefficient (Wildman–Crippen LogP) is 9.47. The molecule has 9 aromatic rings. The fraction of sp³-hybridized carbons (Fsp3) is 0.0476. The molecule has 0 saturated carbocycles. The number of anilines is 3. The Balaban J connectivity index is 0.000000147. The SMILES string of the molecule is O=C([O-])C1(c2ccc(F)cc2)Nc2ccccc2N=C1c1ccc(F)cc1.O=C([O-])C1(c2ccc(F)cc2)Nc2ccccc2N=C1c1ccc(F)cc1.O=C([O-])C1(c2ccc(F)cc2)Nc2ccccc2N=C1c1ccc(F)cc1.[Ir+3]. The van der Waals surface area contributed by atoms with E-state index in [1.165, 1.54) is 146 Å². The number of carboxylic acid groups (broad SMARTS) is 3. The molecular formula is C63H39F6IrN6O6. The summed E-state index contributed by atoms with van der Waals surface area (Å²) < 4.78 is 80.4. The van der Waals surface area contributed by atoms with Gasteiger partial charge in [0.1, 0.15) is 51.5 Å². The topological polar surface area (TPSA) is 194 Å². The van der Waals surface area contributed by atoms with Crippen molar-refractivity contribution in [2.75, 3.05) is 16.0 Å². The van der Waals surface area contributed by atoms with Crippen LogP contribution in [0, 0.1) is 34.9 Å². The Kier molecular flexibility index (Phi) is 16.2. The monoisotopic (exact) mass is 1280 g/mol. The van der Waals surface area contributed by atoms with Crippen molar-refractivity contribution in [3.63, 3.8) is 0 Å². The third kappa shape index (κ3) is 10.8. The molecule has 0 amide bonds. The second kappa shape index (κ2) is 23.4. The van der Waals surface area contributed by atoms with E-state index < -0.39 is 69.4 Å². The van der Waals surface area contributed by atoms with Crippen molar-refractivity contribution in [3.8, 4) is 0 Å². The maximum atomic E-state index is 13.4. The molecule has 3 unspecified atom stereocenters. The maximum Gasteiger partial charge on any atom is 3.00 e. The molecule has 19 heteroatoms. The van der Waals surface area contributed by atoms with Crippen LogP contribution in [-0.2, 0) is 51.1 Å². The van der Waals surface area contributed by atoms with Gasteiger partial charge in [0.25, 0.3) is 0 Å².